The Bertz CT molecular complexity index is 619. The van der Waals surface area contributed by atoms with Gasteiger partial charge in [-0.2, -0.15) is 0 Å². The monoisotopic (exact) mass is 532 g/mol. The van der Waals surface area contributed by atoms with Gasteiger partial charge in [0.15, 0.2) is 12.6 Å². The number of ether oxygens (including phenoxy) is 2. The molecule has 0 spiro atoms. The van der Waals surface area contributed by atoms with Crippen molar-refractivity contribution in [3.8, 4) is 5.75 Å². The molecule has 1 aliphatic rings. The van der Waals surface area contributed by atoms with Crippen molar-refractivity contribution in [1.29, 1.82) is 0 Å². The van der Waals surface area contributed by atoms with E-state index in [0.29, 0.717) is 11.9 Å². The number of carbonyl (C=O) groups excluding carboxylic acids is 1. The minimum atomic E-state index is -0.478. The van der Waals surface area contributed by atoms with Crippen LogP contribution in [0.2, 0.25) is 0 Å². The van der Waals surface area contributed by atoms with Crippen molar-refractivity contribution >= 4 is 35.8 Å². The number of halogens is 1. The summed E-state index contributed by atoms with van der Waals surface area (Å²) in [5.41, 5.74) is 6.26. The number of primary amides is 1. The summed E-state index contributed by atoms with van der Waals surface area (Å²) in [6.45, 7) is 5.12. The third-order valence-corrected chi connectivity index (χ3v) is 4.83. The van der Waals surface area contributed by atoms with Crippen molar-refractivity contribution in [1.82, 2.24) is 10.6 Å². The Morgan fingerprint density at radius 1 is 1.17 bits per heavy atom. The minimum Gasteiger partial charge on any atom is -0.484 e. The third kappa shape index (κ3) is 11.6. The summed E-state index contributed by atoms with van der Waals surface area (Å²) in [7, 11) is 0. The quantitative estimate of drug-likeness (QED) is 0.167. The van der Waals surface area contributed by atoms with Gasteiger partial charge in [0, 0.05) is 26.2 Å². The molecule has 0 atom stereocenters. The highest BCUT2D eigenvalue weighted by Gasteiger charge is 2.12. The van der Waals surface area contributed by atoms with Crippen LogP contribution in [-0.2, 0) is 16.0 Å². The standard InChI is InChI=1S/C22H36N4O3.HI/c1-2-24-22(25-14-6-16-28-19-7-4-3-5-8-19)26-15-13-18-9-11-20(12-10-18)29-17-21(23)27;/h9-12,19H,2-8,13-17H2,1H3,(H2,23,27)(H2,24,25,26);1H. The van der Waals surface area contributed by atoms with Gasteiger partial charge in [-0.1, -0.05) is 31.4 Å². The fourth-order valence-electron chi connectivity index (χ4n) is 3.31. The van der Waals surface area contributed by atoms with E-state index in [1.165, 1.54) is 37.7 Å². The zero-order chi connectivity index (χ0) is 20.7. The van der Waals surface area contributed by atoms with Crippen LogP contribution in [0.15, 0.2) is 29.3 Å². The van der Waals surface area contributed by atoms with Crippen LogP contribution in [0.4, 0.5) is 0 Å². The number of benzene rings is 1. The van der Waals surface area contributed by atoms with E-state index in [4.69, 9.17) is 15.2 Å². The fraction of sp³-hybridized carbons (Fsp3) is 0.636. The molecule has 1 aromatic rings. The predicted molar refractivity (Wildman–Crippen MR) is 132 cm³/mol. The maximum absolute atomic E-state index is 10.7. The molecule has 0 heterocycles. The van der Waals surface area contributed by atoms with Crippen LogP contribution >= 0.6 is 24.0 Å². The molecule has 1 saturated carbocycles. The lowest BCUT2D eigenvalue weighted by Crippen LogP contribution is -2.38. The van der Waals surface area contributed by atoms with Crippen LogP contribution in [0.25, 0.3) is 0 Å². The number of rotatable bonds is 12. The smallest absolute Gasteiger partial charge is 0.255 e. The Hall–Kier alpha value is -1.55. The van der Waals surface area contributed by atoms with Gasteiger partial charge in [0.2, 0.25) is 0 Å². The molecule has 0 saturated heterocycles. The van der Waals surface area contributed by atoms with E-state index in [1.807, 2.05) is 24.3 Å². The van der Waals surface area contributed by atoms with Crippen LogP contribution in [0.3, 0.4) is 0 Å². The Kier molecular flexibility index (Phi) is 14.3. The topological polar surface area (TPSA) is 98.0 Å². The Balaban J connectivity index is 0.00000450. The number of carbonyl (C=O) groups is 1. The summed E-state index contributed by atoms with van der Waals surface area (Å²) in [4.78, 5) is 15.4. The lowest BCUT2D eigenvalue weighted by Gasteiger charge is -2.21. The summed E-state index contributed by atoms with van der Waals surface area (Å²) >= 11 is 0. The van der Waals surface area contributed by atoms with E-state index in [9.17, 15) is 4.79 Å². The van der Waals surface area contributed by atoms with Crippen molar-refractivity contribution in [2.24, 2.45) is 10.7 Å². The molecule has 0 radical (unpaired) electrons. The molecule has 170 valence electrons. The van der Waals surface area contributed by atoms with Gasteiger partial charge < -0.3 is 25.8 Å². The third-order valence-electron chi connectivity index (χ3n) is 4.83. The Morgan fingerprint density at radius 2 is 1.90 bits per heavy atom. The lowest BCUT2D eigenvalue weighted by molar-refractivity contribution is -0.119. The molecule has 0 bridgehead atoms. The van der Waals surface area contributed by atoms with Crippen LogP contribution in [-0.4, -0.2) is 50.8 Å². The molecular formula is C22H37IN4O3. The number of hydrogen-bond acceptors (Lipinski definition) is 4. The zero-order valence-electron chi connectivity index (χ0n) is 18.0. The highest BCUT2D eigenvalue weighted by atomic mass is 127. The van der Waals surface area contributed by atoms with E-state index < -0.39 is 5.91 Å². The Labute approximate surface area is 197 Å². The second-order valence-electron chi connectivity index (χ2n) is 7.32. The molecule has 0 unspecified atom stereocenters. The van der Waals surface area contributed by atoms with Gasteiger partial charge in [-0.3, -0.25) is 9.79 Å². The molecule has 1 amide bonds. The first kappa shape index (κ1) is 26.5. The summed E-state index contributed by atoms with van der Waals surface area (Å²) in [6, 6.07) is 7.68. The molecule has 4 N–H and O–H groups in total. The van der Waals surface area contributed by atoms with E-state index >= 15 is 0 Å². The molecule has 1 aliphatic carbocycles. The van der Waals surface area contributed by atoms with Gasteiger partial charge in [-0.15, -0.1) is 24.0 Å². The predicted octanol–water partition coefficient (Wildman–Crippen LogP) is 3.01. The lowest BCUT2D eigenvalue weighted by atomic mass is 9.98. The second-order valence-corrected chi connectivity index (χ2v) is 7.32. The van der Waals surface area contributed by atoms with Gasteiger partial charge in [0.25, 0.3) is 5.91 Å². The van der Waals surface area contributed by atoms with Crippen molar-refractivity contribution < 1.29 is 14.3 Å². The highest BCUT2D eigenvalue weighted by molar-refractivity contribution is 14.0. The van der Waals surface area contributed by atoms with Crippen LogP contribution in [0.1, 0.15) is 51.0 Å². The first-order valence-corrected chi connectivity index (χ1v) is 10.8. The summed E-state index contributed by atoms with van der Waals surface area (Å²) < 4.78 is 11.2. The average Bonchev–Trinajstić information content (AvgIpc) is 2.73. The van der Waals surface area contributed by atoms with Gasteiger partial charge in [0.1, 0.15) is 5.75 Å². The number of aliphatic imine (C=N–C) groups is 1. The average molecular weight is 532 g/mol. The number of hydrogen-bond donors (Lipinski definition) is 3. The Morgan fingerprint density at radius 3 is 2.57 bits per heavy atom. The first-order chi connectivity index (χ1) is 14.2. The van der Waals surface area contributed by atoms with Crippen molar-refractivity contribution in [3.05, 3.63) is 29.8 Å². The van der Waals surface area contributed by atoms with Crippen LogP contribution in [0, 0.1) is 0 Å². The molecular weight excluding hydrogens is 495 g/mol. The molecule has 0 aliphatic heterocycles. The van der Waals surface area contributed by atoms with E-state index in [-0.39, 0.29) is 30.6 Å². The largest absolute Gasteiger partial charge is 0.484 e. The molecule has 8 heteroatoms. The number of guanidine groups is 1. The normalized spacial score (nSPS) is 14.6. The summed E-state index contributed by atoms with van der Waals surface area (Å²) in [6.07, 6.45) is 8.67. The van der Waals surface area contributed by atoms with Crippen LogP contribution in [0.5, 0.6) is 5.75 Å². The van der Waals surface area contributed by atoms with Gasteiger partial charge in [-0.05, 0) is 50.3 Å². The SMILES string of the molecule is CCNC(=NCCCOC1CCCCC1)NCCc1ccc(OCC(N)=O)cc1.I. The van der Waals surface area contributed by atoms with Gasteiger partial charge in [0.05, 0.1) is 6.10 Å². The first-order valence-electron chi connectivity index (χ1n) is 10.8. The zero-order valence-corrected chi connectivity index (χ0v) is 20.4. The highest BCUT2D eigenvalue weighted by Crippen LogP contribution is 2.20. The van der Waals surface area contributed by atoms with E-state index in [2.05, 4.69) is 22.5 Å². The van der Waals surface area contributed by atoms with Crippen LogP contribution < -0.4 is 21.1 Å². The fourth-order valence-corrected chi connectivity index (χ4v) is 3.31. The minimum absolute atomic E-state index is 0. The molecule has 2 rings (SSSR count). The molecule has 0 aromatic heterocycles. The van der Waals surface area contributed by atoms with Crippen molar-refractivity contribution in [2.75, 3.05) is 32.8 Å². The number of nitrogens with two attached hydrogens (primary N) is 1. The molecule has 1 aromatic carbocycles. The summed E-state index contributed by atoms with van der Waals surface area (Å²) in [5, 5.41) is 6.65. The van der Waals surface area contributed by atoms with E-state index in [1.54, 1.807) is 0 Å². The van der Waals surface area contributed by atoms with Crippen molar-refractivity contribution in [2.45, 2.75) is 58.0 Å². The summed E-state index contributed by atoms with van der Waals surface area (Å²) in [5.74, 6) is 1.01. The van der Waals surface area contributed by atoms with E-state index in [0.717, 1.165) is 45.0 Å². The molecule has 1 fully saturated rings. The van der Waals surface area contributed by atoms with Gasteiger partial charge in [-0.25, -0.2) is 0 Å². The molecule has 7 nitrogen and oxygen atoms in total. The number of nitrogens with one attached hydrogen (secondary N) is 2. The maximum atomic E-state index is 10.7. The number of nitrogens with zero attached hydrogens (tertiary/aromatic N) is 1. The van der Waals surface area contributed by atoms with Crippen molar-refractivity contribution in [3.63, 3.8) is 0 Å². The number of amides is 1. The van der Waals surface area contributed by atoms with Gasteiger partial charge >= 0.3 is 0 Å². The maximum Gasteiger partial charge on any atom is 0.255 e. The second kappa shape index (κ2) is 16.2. The molecule has 30 heavy (non-hydrogen) atoms.